The summed E-state index contributed by atoms with van der Waals surface area (Å²) in [5.74, 6) is -0.203. The molecule has 0 saturated carbocycles. The van der Waals surface area contributed by atoms with Gasteiger partial charge in [-0.2, -0.15) is 0 Å². The van der Waals surface area contributed by atoms with E-state index in [9.17, 15) is 14.4 Å². The number of urea groups is 1. The third-order valence-corrected chi connectivity index (χ3v) is 3.95. The van der Waals surface area contributed by atoms with Gasteiger partial charge in [-0.3, -0.25) is 9.59 Å². The maximum absolute atomic E-state index is 12.6. The van der Waals surface area contributed by atoms with Gasteiger partial charge in [0.15, 0.2) is 0 Å². The molecule has 136 valence electrons. The third kappa shape index (κ3) is 5.48. The number of likely N-dealkylation sites (tertiary alicyclic amines) is 1. The van der Waals surface area contributed by atoms with E-state index in [0.717, 1.165) is 6.42 Å². The van der Waals surface area contributed by atoms with E-state index < -0.39 is 12.1 Å². The maximum Gasteiger partial charge on any atom is 0.316 e. The number of amides is 4. The van der Waals surface area contributed by atoms with Crippen molar-refractivity contribution in [2.24, 2.45) is 11.1 Å². The average Bonchev–Trinajstić information content (AvgIpc) is 2.94. The molecule has 1 atom stereocenters. The predicted molar refractivity (Wildman–Crippen MR) is 97.1 cm³/mol. The Morgan fingerprint density at radius 1 is 1.20 bits per heavy atom. The van der Waals surface area contributed by atoms with Gasteiger partial charge < -0.3 is 21.3 Å². The van der Waals surface area contributed by atoms with E-state index in [1.807, 2.05) is 20.8 Å². The van der Waals surface area contributed by atoms with E-state index in [4.69, 9.17) is 5.73 Å². The summed E-state index contributed by atoms with van der Waals surface area (Å²) >= 11 is 0. The van der Waals surface area contributed by atoms with Crippen LogP contribution in [0, 0.1) is 5.41 Å². The van der Waals surface area contributed by atoms with Crippen LogP contribution in [-0.4, -0.2) is 35.3 Å². The zero-order chi connectivity index (χ0) is 18.6. The van der Waals surface area contributed by atoms with Crippen molar-refractivity contribution in [3.63, 3.8) is 0 Å². The second kappa shape index (κ2) is 7.55. The number of hydrogen-bond acceptors (Lipinski definition) is 3. The fourth-order valence-corrected chi connectivity index (χ4v) is 2.94. The van der Waals surface area contributed by atoms with Gasteiger partial charge >= 0.3 is 6.03 Å². The minimum absolute atomic E-state index is 0.00861. The van der Waals surface area contributed by atoms with Crippen LogP contribution in [-0.2, 0) is 9.59 Å². The first-order valence-electron chi connectivity index (χ1n) is 8.42. The molecular formula is C18H26N4O3. The smallest absolute Gasteiger partial charge is 0.316 e. The van der Waals surface area contributed by atoms with Gasteiger partial charge in [-0.05, 0) is 36.5 Å². The Kier molecular flexibility index (Phi) is 5.66. The minimum Gasteiger partial charge on any atom is -0.351 e. The third-order valence-electron chi connectivity index (χ3n) is 3.95. The number of nitrogens with two attached hydrogens (primary N) is 1. The summed E-state index contributed by atoms with van der Waals surface area (Å²) in [6.45, 7) is 6.63. The highest BCUT2D eigenvalue weighted by atomic mass is 16.2. The Bertz CT molecular complexity index is 667. The monoisotopic (exact) mass is 346 g/mol. The van der Waals surface area contributed by atoms with Crippen LogP contribution < -0.4 is 16.4 Å². The molecule has 25 heavy (non-hydrogen) atoms. The molecule has 1 heterocycles. The molecule has 1 aliphatic rings. The number of hydrogen-bond donors (Lipinski definition) is 3. The Hall–Kier alpha value is -2.57. The molecule has 2 rings (SSSR count). The number of nitrogens with one attached hydrogen (secondary N) is 2. The lowest BCUT2D eigenvalue weighted by Crippen LogP contribution is -2.44. The number of nitrogens with zero attached hydrogens (tertiary/aromatic N) is 1. The Labute approximate surface area is 147 Å². The lowest BCUT2D eigenvalue weighted by atomic mass is 9.91. The molecule has 7 nitrogen and oxygen atoms in total. The number of carbonyl (C=O) groups excluding carboxylic acids is 3. The molecule has 4 amide bonds. The highest BCUT2D eigenvalue weighted by Crippen LogP contribution is 2.25. The number of rotatable bonds is 4. The summed E-state index contributed by atoms with van der Waals surface area (Å²) in [6, 6.07) is 5.60. The standard InChI is InChI=1S/C18H26N4O3/c1-18(2,3)11-15(23)22-9-5-8-14(22)16(24)20-12-6-4-7-13(10-12)21-17(19)25/h4,6-7,10,14H,5,8-9,11H2,1-3H3,(H,20,24)(H3,19,21,25)/t14-/m1/s1. The van der Waals surface area contributed by atoms with E-state index in [0.29, 0.717) is 30.8 Å². The Balaban J connectivity index is 2.04. The fourth-order valence-electron chi connectivity index (χ4n) is 2.94. The Morgan fingerprint density at radius 2 is 1.84 bits per heavy atom. The average molecular weight is 346 g/mol. The normalized spacial score (nSPS) is 17.2. The van der Waals surface area contributed by atoms with Crippen molar-refractivity contribution >= 4 is 29.2 Å². The van der Waals surface area contributed by atoms with Crippen LogP contribution in [0.1, 0.15) is 40.0 Å². The summed E-state index contributed by atoms with van der Waals surface area (Å²) < 4.78 is 0. The van der Waals surface area contributed by atoms with Crippen molar-refractivity contribution in [1.82, 2.24) is 4.90 Å². The van der Waals surface area contributed by atoms with Crippen molar-refractivity contribution in [2.75, 3.05) is 17.2 Å². The number of carbonyl (C=O) groups is 3. The topological polar surface area (TPSA) is 105 Å². The van der Waals surface area contributed by atoms with Crippen molar-refractivity contribution in [3.05, 3.63) is 24.3 Å². The molecule has 0 aromatic heterocycles. The summed E-state index contributed by atoms with van der Waals surface area (Å²) in [5, 5.41) is 5.28. The van der Waals surface area contributed by atoms with E-state index in [1.54, 1.807) is 29.2 Å². The fraction of sp³-hybridized carbons (Fsp3) is 0.500. The van der Waals surface area contributed by atoms with Gasteiger partial charge in [0.2, 0.25) is 11.8 Å². The van der Waals surface area contributed by atoms with Gasteiger partial charge in [0.05, 0.1) is 0 Å². The quantitative estimate of drug-likeness (QED) is 0.780. The summed E-state index contributed by atoms with van der Waals surface area (Å²) in [7, 11) is 0. The van der Waals surface area contributed by atoms with Crippen LogP contribution in [0.3, 0.4) is 0 Å². The van der Waals surface area contributed by atoms with Crippen molar-refractivity contribution < 1.29 is 14.4 Å². The number of benzene rings is 1. The first-order chi connectivity index (χ1) is 11.7. The SMILES string of the molecule is CC(C)(C)CC(=O)N1CCC[C@@H]1C(=O)Nc1cccc(NC(N)=O)c1. The predicted octanol–water partition coefficient (Wildman–Crippen LogP) is 2.54. The molecule has 1 saturated heterocycles. The summed E-state index contributed by atoms with van der Waals surface area (Å²) in [4.78, 5) is 37.7. The van der Waals surface area contributed by atoms with Crippen LogP contribution >= 0.6 is 0 Å². The molecule has 7 heteroatoms. The molecule has 0 radical (unpaired) electrons. The second-order valence-electron chi connectivity index (χ2n) is 7.54. The Morgan fingerprint density at radius 3 is 2.44 bits per heavy atom. The van der Waals surface area contributed by atoms with Gasteiger partial charge in [-0.25, -0.2) is 4.79 Å². The van der Waals surface area contributed by atoms with E-state index in [2.05, 4.69) is 10.6 Å². The first-order valence-corrected chi connectivity index (χ1v) is 8.42. The molecule has 4 N–H and O–H groups in total. The highest BCUT2D eigenvalue weighted by molar-refractivity contribution is 5.98. The van der Waals surface area contributed by atoms with Gasteiger partial charge in [0.1, 0.15) is 6.04 Å². The van der Waals surface area contributed by atoms with Crippen LogP contribution in [0.25, 0.3) is 0 Å². The van der Waals surface area contributed by atoms with Gasteiger partial charge in [-0.1, -0.05) is 26.8 Å². The van der Waals surface area contributed by atoms with E-state index >= 15 is 0 Å². The van der Waals surface area contributed by atoms with Crippen molar-refractivity contribution in [3.8, 4) is 0 Å². The van der Waals surface area contributed by atoms with Crippen LogP contribution in [0.5, 0.6) is 0 Å². The number of anilines is 2. The number of primary amides is 1. The van der Waals surface area contributed by atoms with Crippen LogP contribution in [0.4, 0.5) is 16.2 Å². The van der Waals surface area contributed by atoms with Crippen LogP contribution in [0.2, 0.25) is 0 Å². The summed E-state index contributed by atoms with van der Waals surface area (Å²) in [6.07, 6.45) is 1.88. The van der Waals surface area contributed by atoms with Gasteiger partial charge in [0.25, 0.3) is 0 Å². The minimum atomic E-state index is -0.668. The van der Waals surface area contributed by atoms with E-state index in [-0.39, 0.29) is 17.2 Å². The second-order valence-corrected chi connectivity index (χ2v) is 7.54. The molecule has 1 aromatic rings. The molecule has 0 bridgehead atoms. The van der Waals surface area contributed by atoms with Crippen molar-refractivity contribution in [1.29, 1.82) is 0 Å². The molecule has 1 fully saturated rings. The first kappa shape index (κ1) is 18.8. The van der Waals surface area contributed by atoms with Crippen LogP contribution in [0.15, 0.2) is 24.3 Å². The van der Waals surface area contributed by atoms with E-state index in [1.165, 1.54) is 0 Å². The molecule has 1 aromatic carbocycles. The zero-order valence-corrected chi connectivity index (χ0v) is 15.0. The summed E-state index contributed by atoms with van der Waals surface area (Å²) in [5.41, 5.74) is 6.03. The molecular weight excluding hydrogens is 320 g/mol. The molecule has 1 aliphatic heterocycles. The lowest BCUT2D eigenvalue weighted by molar-refractivity contribution is -0.138. The lowest BCUT2D eigenvalue weighted by Gasteiger charge is -2.27. The zero-order valence-electron chi connectivity index (χ0n) is 15.0. The molecule has 0 spiro atoms. The molecule has 0 aliphatic carbocycles. The van der Waals surface area contributed by atoms with Crippen molar-refractivity contribution in [2.45, 2.75) is 46.1 Å². The largest absolute Gasteiger partial charge is 0.351 e. The highest BCUT2D eigenvalue weighted by Gasteiger charge is 2.35. The van der Waals surface area contributed by atoms with Gasteiger partial charge in [0, 0.05) is 24.3 Å². The van der Waals surface area contributed by atoms with Gasteiger partial charge in [-0.15, -0.1) is 0 Å². The maximum atomic E-state index is 12.6. The molecule has 0 unspecified atom stereocenters.